The van der Waals surface area contributed by atoms with E-state index in [1.807, 2.05) is 38.1 Å². The number of aryl methyl sites for hydroxylation is 1. The number of para-hydroxylation sites is 1. The van der Waals surface area contributed by atoms with Crippen molar-refractivity contribution in [3.8, 4) is 0 Å². The van der Waals surface area contributed by atoms with E-state index in [-0.39, 0.29) is 16.8 Å². The average molecular weight is 250 g/mol. The SMILES string of the molecule is CCC(C(=O)N(C)c1ccccc1C)C(N)=S. The third-order valence-electron chi connectivity index (χ3n) is 2.86. The third-order valence-corrected chi connectivity index (χ3v) is 3.14. The first-order valence-corrected chi connectivity index (χ1v) is 6.02. The number of rotatable bonds is 4. The summed E-state index contributed by atoms with van der Waals surface area (Å²) in [6.07, 6.45) is 0.629. The number of carbonyl (C=O) groups excluding carboxylic acids is 1. The molecule has 2 N–H and O–H groups in total. The number of amides is 1. The average Bonchev–Trinajstić information content (AvgIpc) is 2.29. The number of thiocarbonyl (C=S) groups is 1. The van der Waals surface area contributed by atoms with Gasteiger partial charge in [-0.2, -0.15) is 0 Å². The quantitative estimate of drug-likeness (QED) is 0.834. The van der Waals surface area contributed by atoms with Crippen LogP contribution in [0.3, 0.4) is 0 Å². The highest BCUT2D eigenvalue weighted by molar-refractivity contribution is 7.80. The second-order valence-corrected chi connectivity index (χ2v) is 4.52. The molecule has 1 amide bonds. The first kappa shape index (κ1) is 13.6. The number of benzene rings is 1. The largest absolute Gasteiger partial charge is 0.393 e. The summed E-state index contributed by atoms with van der Waals surface area (Å²) in [5, 5.41) is 0. The van der Waals surface area contributed by atoms with Gasteiger partial charge in [-0.05, 0) is 25.0 Å². The van der Waals surface area contributed by atoms with E-state index >= 15 is 0 Å². The van der Waals surface area contributed by atoms with Gasteiger partial charge in [-0.15, -0.1) is 0 Å². The van der Waals surface area contributed by atoms with Gasteiger partial charge < -0.3 is 10.6 Å². The predicted molar refractivity (Wildman–Crippen MR) is 75.2 cm³/mol. The van der Waals surface area contributed by atoms with Gasteiger partial charge in [-0.3, -0.25) is 4.79 Å². The molecule has 0 radical (unpaired) electrons. The zero-order valence-electron chi connectivity index (χ0n) is 10.4. The number of carbonyl (C=O) groups is 1. The molecule has 0 saturated heterocycles. The molecule has 1 rings (SSSR count). The minimum atomic E-state index is -0.380. The maximum Gasteiger partial charge on any atom is 0.236 e. The van der Waals surface area contributed by atoms with Gasteiger partial charge in [0.25, 0.3) is 0 Å². The van der Waals surface area contributed by atoms with Gasteiger partial charge in [0, 0.05) is 12.7 Å². The summed E-state index contributed by atoms with van der Waals surface area (Å²) in [4.78, 5) is 14.1. The van der Waals surface area contributed by atoms with Crippen LogP contribution in [-0.4, -0.2) is 17.9 Å². The number of anilines is 1. The molecule has 0 aromatic heterocycles. The highest BCUT2D eigenvalue weighted by atomic mass is 32.1. The normalized spacial score (nSPS) is 11.9. The molecule has 4 heteroatoms. The summed E-state index contributed by atoms with van der Waals surface area (Å²) in [5.74, 6) is -0.427. The number of nitrogens with two attached hydrogens (primary N) is 1. The highest BCUT2D eigenvalue weighted by Gasteiger charge is 2.24. The van der Waals surface area contributed by atoms with Gasteiger partial charge in [0.1, 0.15) is 0 Å². The molecule has 3 nitrogen and oxygen atoms in total. The van der Waals surface area contributed by atoms with Crippen LogP contribution in [0, 0.1) is 12.8 Å². The molecule has 1 aromatic rings. The molecule has 0 aliphatic heterocycles. The van der Waals surface area contributed by atoms with E-state index in [1.165, 1.54) is 0 Å². The van der Waals surface area contributed by atoms with Crippen LogP contribution in [0.15, 0.2) is 24.3 Å². The molecule has 0 aliphatic carbocycles. The van der Waals surface area contributed by atoms with Crippen LogP contribution in [0.5, 0.6) is 0 Å². The lowest BCUT2D eigenvalue weighted by Crippen LogP contribution is -2.39. The van der Waals surface area contributed by atoms with Gasteiger partial charge in [-0.1, -0.05) is 37.3 Å². The molecule has 0 bridgehead atoms. The Morgan fingerprint density at radius 1 is 1.47 bits per heavy atom. The fourth-order valence-corrected chi connectivity index (χ4v) is 2.06. The smallest absolute Gasteiger partial charge is 0.236 e. The van der Waals surface area contributed by atoms with Crippen LogP contribution in [0.2, 0.25) is 0 Å². The van der Waals surface area contributed by atoms with E-state index in [4.69, 9.17) is 18.0 Å². The van der Waals surface area contributed by atoms with Crippen molar-refractivity contribution in [1.82, 2.24) is 0 Å². The number of hydrogen-bond donors (Lipinski definition) is 1. The highest BCUT2D eigenvalue weighted by Crippen LogP contribution is 2.20. The number of nitrogens with zero attached hydrogens (tertiary/aromatic N) is 1. The zero-order chi connectivity index (χ0) is 13.0. The van der Waals surface area contributed by atoms with E-state index in [0.29, 0.717) is 6.42 Å². The van der Waals surface area contributed by atoms with E-state index < -0.39 is 0 Å². The molecule has 92 valence electrons. The van der Waals surface area contributed by atoms with Crippen LogP contribution in [0.1, 0.15) is 18.9 Å². The molecule has 0 aliphatic rings. The van der Waals surface area contributed by atoms with E-state index in [9.17, 15) is 4.79 Å². The fourth-order valence-electron chi connectivity index (χ4n) is 1.79. The monoisotopic (exact) mass is 250 g/mol. The molecular formula is C13H18N2OS. The molecule has 1 unspecified atom stereocenters. The Morgan fingerprint density at radius 3 is 2.53 bits per heavy atom. The minimum absolute atomic E-state index is 0.0469. The first-order valence-electron chi connectivity index (χ1n) is 5.61. The molecule has 0 saturated carbocycles. The van der Waals surface area contributed by atoms with Crippen molar-refractivity contribution >= 4 is 28.8 Å². The summed E-state index contributed by atoms with van der Waals surface area (Å²) in [5.41, 5.74) is 7.54. The van der Waals surface area contributed by atoms with Crippen LogP contribution in [0.4, 0.5) is 5.69 Å². The molecule has 0 heterocycles. The third kappa shape index (κ3) is 3.03. The summed E-state index contributed by atoms with van der Waals surface area (Å²) < 4.78 is 0. The predicted octanol–water partition coefficient (Wildman–Crippen LogP) is 2.27. The summed E-state index contributed by atoms with van der Waals surface area (Å²) in [6, 6.07) is 7.75. The molecule has 1 aromatic carbocycles. The zero-order valence-corrected chi connectivity index (χ0v) is 11.3. The van der Waals surface area contributed by atoms with Gasteiger partial charge in [0.2, 0.25) is 5.91 Å². The van der Waals surface area contributed by atoms with Crippen molar-refractivity contribution in [2.24, 2.45) is 11.7 Å². The van der Waals surface area contributed by atoms with Crippen LogP contribution >= 0.6 is 12.2 Å². The Morgan fingerprint density at radius 2 is 2.06 bits per heavy atom. The van der Waals surface area contributed by atoms with Crippen LogP contribution in [0.25, 0.3) is 0 Å². The fraction of sp³-hybridized carbons (Fsp3) is 0.385. The Balaban J connectivity index is 2.97. The van der Waals surface area contributed by atoms with Gasteiger partial charge >= 0.3 is 0 Å². The molecule has 17 heavy (non-hydrogen) atoms. The van der Waals surface area contributed by atoms with Crippen molar-refractivity contribution in [2.45, 2.75) is 20.3 Å². The topological polar surface area (TPSA) is 46.3 Å². The van der Waals surface area contributed by atoms with Crippen LogP contribution < -0.4 is 10.6 Å². The lowest BCUT2D eigenvalue weighted by molar-refractivity contribution is -0.120. The van der Waals surface area contributed by atoms with Crippen LogP contribution in [-0.2, 0) is 4.79 Å². The minimum Gasteiger partial charge on any atom is -0.393 e. The van der Waals surface area contributed by atoms with E-state index in [0.717, 1.165) is 11.3 Å². The van der Waals surface area contributed by atoms with Crippen molar-refractivity contribution in [2.75, 3.05) is 11.9 Å². The summed E-state index contributed by atoms with van der Waals surface area (Å²) in [7, 11) is 1.76. The molecule has 1 atom stereocenters. The second-order valence-electron chi connectivity index (χ2n) is 4.05. The van der Waals surface area contributed by atoms with Crippen molar-refractivity contribution in [3.63, 3.8) is 0 Å². The van der Waals surface area contributed by atoms with Crippen molar-refractivity contribution < 1.29 is 4.79 Å². The Labute approximate surface area is 108 Å². The molecule has 0 spiro atoms. The van der Waals surface area contributed by atoms with Gasteiger partial charge in [0.05, 0.1) is 10.9 Å². The maximum atomic E-state index is 12.2. The Bertz CT molecular complexity index is 431. The van der Waals surface area contributed by atoms with Crippen molar-refractivity contribution in [3.05, 3.63) is 29.8 Å². The summed E-state index contributed by atoms with van der Waals surface area (Å²) >= 11 is 4.92. The second kappa shape index (κ2) is 5.77. The molecular weight excluding hydrogens is 232 g/mol. The van der Waals surface area contributed by atoms with Crippen molar-refractivity contribution in [1.29, 1.82) is 0 Å². The lowest BCUT2D eigenvalue weighted by atomic mass is 10.0. The van der Waals surface area contributed by atoms with Gasteiger partial charge in [-0.25, -0.2) is 0 Å². The summed E-state index contributed by atoms with van der Waals surface area (Å²) in [6.45, 7) is 3.88. The molecule has 0 fully saturated rings. The maximum absolute atomic E-state index is 12.2. The Kier molecular flexibility index (Phi) is 4.63. The van der Waals surface area contributed by atoms with Gasteiger partial charge in [0.15, 0.2) is 0 Å². The standard InChI is InChI=1S/C13H18N2OS/c1-4-10(12(14)17)13(16)15(3)11-8-6-5-7-9(11)2/h5-8,10H,4H2,1-3H3,(H2,14,17). The lowest BCUT2D eigenvalue weighted by Gasteiger charge is -2.23. The van der Waals surface area contributed by atoms with E-state index in [1.54, 1.807) is 11.9 Å². The Hall–Kier alpha value is -1.42. The first-order chi connectivity index (χ1) is 7.99. The number of hydrogen-bond acceptors (Lipinski definition) is 2. The van der Waals surface area contributed by atoms with E-state index in [2.05, 4.69) is 0 Å².